The van der Waals surface area contributed by atoms with Gasteiger partial charge in [-0.25, -0.2) is 0 Å². The van der Waals surface area contributed by atoms with Crippen LogP contribution in [0.4, 0.5) is 26.3 Å². The number of alkyl halides is 6. The summed E-state index contributed by atoms with van der Waals surface area (Å²) >= 11 is 0. The second-order valence-corrected chi connectivity index (χ2v) is 8.13. The van der Waals surface area contributed by atoms with Gasteiger partial charge in [-0.3, -0.25) is 0 Å². The molecule has 5 atom stereocenters. The minimum Gasteiger partial charge on any atom is -0.377 e. The fourth-order valence-electron chi connectivity index (χ4n) is 4.49. The summed E-state index contributed by atoms with van der Waals surface area (Å²) in [5, 5.41) is 8.90. The molecule has 27 heavy (non-hydrogen) atoms. The Morgan fingerprint density at radius 1 is 0.778 bits per heavy atom. The molecule has 5 unspecified atom stereocenters. The van der Waals surface area contributed by atoms with Crippen LogP contribution in [0, 0.1) is 29.6 Å². The first-order valence-corrected chi connectivity index (χ1v) is 9.30. The highest BCUT2D eigenvalue weighted by atomic mass is 19.4. The number of fused-ring (bicyclic) bond motifs is 4. The third-order valence-electron chi connectivity index (χ3n) is 6.17. The number of aliphatic hydroxyl groups is 1. The maximum Gasteiger partial charge on any atom is 0.428 e. The molecule has 4 aliphatic rings. The summed E-state index contributed by atoms with van der Waals surface area (Å²) in [7, 11) is 0. The van der Waals surface area contributed by atoms with Crippen molar-refractivity contribution in [3.63, 3.8) is 0 Å². The third kappa shape index (κ3) is 4.36. The van der Waals surface area contributed by atoms with E-state index in [1.54, 1.807) is 0 Å². The van der Waals surface area contributed by atoms with Gasteiger partial charge in [-0.2, -0.15) is 26.3 Å². The molecule has 2 fully saturated rings. The minimum atomic E-state index is -5.82. The van der Waals surface area contributed by atoms with Crippen LogP contribution in [0.15, 0.2) is 24.3 Å². The Labute approximate surface area is 154 Å². The average Bonchev–Trinajstić information content (AvgIpc) is 3.35. The molecule has 4 rings (SSSR count). The van der Waals surface area contributed by atoms with Crippen LogP contribution in [0.2, 0.25) is 0 Å². The summed E-state index contributed by atoms with van der Waals surface area (Å²) in [6, 6.07) is 0. The first kappa shape index (κ1) is 20.7. The van der Waals surface area contributed by atoms with E-state index < -0.39 is 24.6 Å². The predicted molar refractivity (Wildman–Crippen MR) is 86.7 cm³/mol. The van der Waals surface area contributed by atoms with Gasteiger partial charge in [0.1, 0.15) is 0 Å². The number of allylic oxidation sites excluding steroid dienone is 4. The fourth-order valence-corrected chi connectivity index (χ4v) is 4.49. The molecule has 0 amide bonds. The first-order valence-electron chi connectivity index (χ1n) is 9.30. The number of hydrogen-bond donors (Lipinski definition) is 1. The van der Waals surface area contributed by atoms with Crippen molar-refractivity contribution in [2.45, 2.75) is 50.1 Å². The summed E-state index contributed by atoms with van der Waals surface area (Å²) in [4.78, 5) is 0. The number of hydrogen-bond acceptors (Lipinski definition) is 2. The van der Waals surface area contributed by atoms with Crippen molar-refractivity contribution in [1.82, 2.24) is 0 Å². The van der Waals surface area contributed by atoms with E-state index >= 15 is 0 Å². The van der Waals surface area contributed by atoms with Crippen molar-refractivity contribution >= 4 is 0 Å². The Balaban J connectivity index is 0.000000246. The Kier molecular flexibility index (Phi) is 5.70. The van der Waals surface area contributed by atoms with Crippen LogP contribution in [0.1, 0.15) is 32.1 Å². The van der Waals surface area contributed by atoms with Crippen LogP contribution in [0.3, 0.4) is 0 Å². The van der Waals surface area contributed by atoms with Gasteiger partial charge in [0.05, 0.1) is 13.2 Å². The lowest BCUT2D eigenvalue weighted by atomic mass is 9.94. The van der Waals surface area contributed by atoms with E-state index in [1.807, 2.05) is 12.2 Å². The highest BCUT2D eigenvalue weighted by Gasteiger charge is 2.70. The van der Waals surface area contributed by atoms with Gasteiger partial charge in [0.15, 0.2) is 0 Å². The molecule has 0 saturated heterocycles. The van der Waals surface area contributed by atoms with Crippen LogP contribution in [-0.4, -0.2) is 36.3 Å². The van der Waals surface area contributed by atoms with Crippen LogP contribution in [-0.2, 0) is 4.74 Å². The SMILES string of the molecule is C1=CC2CCC1C2.OC(COCC1CC2C=CC1C2)(C(F)(F)F)C(F)(F)F. The van der Waals surface area contributed by atoms with E-state index in [-0.39, 0.29) is 18.4 Å². The average molecular weight is 398 g/mol. The normalized spacial score (nSPS) is 34.3. The van der Waals surface area contributed by atoms with Crippen molar-refractivity contribution in [2.24, 2.45) is 29.6 Å². The number of ether oxygens (including phenoxy) is 1. The quantitative estimate of drug-likeness (QED) is 0.531. The maximum absolute atomic E-state index is 12.4. The molecule has 0 spiro atoms. The Hall–Kier alpha value is -1.02. The highest BCUT2D eigenvalue weighted by molar-refractivity contribution is 5.10. The summed E-state index contributed by atoms with van der Waals surface area (Å²) in [5.41, 5.74) is -4.81. The van der Waals surface area contributed by atoms with E-state index in [0.29, 0.717) is 12.3 Å². The summed E-state index contributed by atoms with van der Waals surface area (Å²) in [6.07, 6.45) is 3.05. The second kappa shape index (κ2) is 7.43. The fraction of sp³-hybridized carbons (Fsp3) is 0.789. The maximum atomic E-state index is 12.4. The topological polar surface area (TPSA) is 29.5 Å². The molecule has 4 bridgehead atoms. The van der Waals surface area contributed by atoms with Gasteiger partial charge in [-0.15, -0.1) is 0 Å². The van der Waals surface area contributed by atoms with E-state index in [4.69, 9.17) is 5.11 Å². The third-order valence-corrected chi connectivity index (χ3v) is 6.17. The summed E-state index contributed by atoms with van der Waals surface area (Å²) in [5.74, 6) is 2.41. The molecule has 2 nitrogen and oxygen atoms in total. The summed E-state index contributed by atoms with van der Waals surface area (Å²) < 4.78 is 78.9. The Bertz CT molecular complexity index is 554. The zero-order valence-electron chi connectivity index (χ0n) is 14.8. The standard InChI is InChI=1S/C12H14F6O2.C7H10/c13-11(14,15)10(19,12(16,17)18)6-20-5-9-4-7-1-2-8(9)3-7;1-2-7-4-3-6(1)5-7/h1-2,7-9,19H,3-6H2;1-2,6-7H,3-5H2. The number of halogens is 6. The van der Waals surface area contributed by atoms with Crippen molar-refractivity contribution < 1.29 is 36.2 Å². The van der Waals surface area contributed by atoms with Crippen molar-refractivity contribution in [1.29, 1.82) is 0 Å². The van der Waals surface area contributed by atoms with Crippen molar-refractivity contribution in [2.75, 3.05) is 13.2 Å². The molecule has 154 valence electrons. The van der Waals surface area contributed by atoms with Gasteiger partial charge in [-0.1, -0.05) is 24.3 Å². The lowest BCUT2D eigenvalue weighted by Crippen LogP contribution is -2.60. The van der Waals surface area contributed by atoms with Crippen LogP contribution in [0.5, 0.6) is 0 Å². The molecule has 4 aliphatic carbocycles. The molecular weight excluding hydrogens is 374 g/mol. The largest absolute Gasteiger partial charge is 0.428 e. The molecule has 8 heteroatoms. The van der Waals surface area contributed by atoms with Gasteiger partial charge in [-0.05, 0) is 61.7 Å². The van der Waals surface area contributed by atoms with Gasteiger partial charge >= 0.3 is 12.4 Å². The second-order valence-electron chi connectivity index (χ2n) is 8.13. The molecular formula is C19H24F6O2. The highest BCUT2D eigenvalue weighted by Crippen LogP contribution is 2.45. The molecule has 2 saturated carbocycles. The monoisotopic (exact) mass is 398 g/mol. The molecule has 0 radical (unpaired) electrons. The molecule has 0 aromatic carbocycles. The zero-order chi connectivity index (χ0) is 19.9. The van der Waals surface area contributed by atoms with E-state index in [1.165, 1.54) is 19.3 Å². The van der Waals surface area contributed by atoms with Crippen LogP contribution in [0.25, 0.3) is 0 Å². The smallest absolute Gasteiger partial charge is 0.377 e. The minimum absolute atomic E-state index is 0.0734. The van der Waals surface area contributed by atoms with Crippen molar-refractivity contribution in [3.8, 4) is 0 Å². The molecule has 1 N–H and O–H groups in total. The summed E-state index contributed by atoms with van der Waals surface area (Å²) in [6.45, 7) is -2.03. The van der Waals surface area contributed by atoms with Crippen molar-refractivity contribution in [3.05, 3.63) is 24.3 Å². The lowest BCUT2D eigenvalue weighted by molar-refractivity contribution is -0.378. The Morgan fingerprint density at radius 3 is 1.67 bits per heavy atom. The Morgan fingerprint density at radius 2 is 1.33 bits per heavy atom. The lowest BCUT2D eigenvalue weighted by Gasteiger charge is -2.32. The molecule has 0 aromatic rings. The van der Waals surface area contributed by atoms with Gasteiger partial charge in [0.2, 0.25) is 0 Å². The first-order chi connectivity index (χ1) is 12.5. The van der Waals surface area contributed by atoms with E-state index in [0.717, 1.165) is 18.3 Å². The van der Waals surface area contributed by atoms with Crippen LogP contribution >= 0.6 is 0 Å². The van der Waals surface area contributed by atoms with Gasteiger partial charge in [0.25, 0.3) is 5.60 Å². The molecule has 0 aromatic heterocycles. The molecule has 0 aliphatic heterocycles. The van der Waals surface area contributed by atoms with Gasteiger partial charge in [0, 0.05) is 0 Å². The van der Waals surface area contributed by atoms with E-state index in [9.17, 15) is 26.3 Å². The predicted octanol–water partition coefficient (Wildman–Crippen LogP) is 5.04. The number of rotatable bonds is 4. The van der Waals surface area contributed by atoms with Gasteiger partial charge < -0.3 is 9.84 Å². The molecule has 0 heterocycles. The van der Waals surface area contributed by atoms with E-state index in [2.05, 4.69) is 16.9 Å². The zero-order valence-corrected chi connectivity index (χ0v) is 14.8. The van der Waals surface area contributed by atoms with Crippen LogP contribution < -0.4 is 0 Å².